The van der Waals surface area contributed by atoms with Crippen molar-refractivity contribution in [1.82, 2.24) is 14.5 Å². The van der Waals surface area contributed by atoms with Crippen LogP contribution in [0.25, 0.3) is 11.2 Å². The number of halogens is 1. The molecule has 1 atom stereocenters. The number of aryl methyl sites for hydroxylation is 2. The van der Waals surface area contributed by atoms with E-state index < -0.39 is 0 Å². The molecule has 116 valence electrons. The van der Waals surface area contributed by atoms with Crippen LogP contribution >= 0.6 is 11.6 Å². The van der Waals surface area contributed by atoms with Crippen molar-refractivity contribution in [2.75, 3.05) is 0 Å². The van der Waals surface area contributed by atoms with E-state index >= 15 is 0 Å². The summed E-state index contributed by atoms with van der Waals surface area (Å²) in [4.78, 5) is 9.30. The van der Waals surface area contributed by atoms with Gasteiger partial charge in [0.25, 0.3) is 0 Å². The summed E-state index contributed by atoms with van der Waals surface area (Å²) in [5.74, 6) is 0.943. The second-order valence-corrected chi connectivity index (χ2v) is 6.46. The zero-order valence-corrected chi connectivity index (χ0v) is 14.2. The predicted molar refractivity (Wildman–Crippen MR) is 89.9 cm³/mol. The molecular formula is C17H26ClN3. The van der Waals surface area contributed by atoms with E-state index in [9.17, 15) is 0 Å². The molecule has 2 aromatic rings. The average Bonchev–Trinajstić information content (AvgIpc) is 2.81. The van der Waals surface area contributed by atoms with Crippen LogP contribution in [0.3, 0.4) is 0 Å². The summed E-state index contributed by atoms with van der Waals surface area (Å²) in [5.41, 5.74) is 2.96. The normalized spacial score (nSPS) is 13.0. The van der Waals surface area contributed by atoms with Gasteiger partial charge in [0.15, 0.2) is 5.65 Å². The highest BCUT2D eigenvalue weighted by Crippen LogP contribution is 2.24. The molecule has 0 saturated heterocycles. The maximum absolute atomic E-state index is 6.29. The minimum Gasteiger partial charge on any atom is -0.311 e. The summed E-state index contributed by atoms with van der Waals surface area (Å²) in [6.07, 6.45) is 7.74. The fourth-order valence-electron chi connectivity index (χ4n) is 2.69. The zero-order valence-electron chi connectivity index (χ0n) is 13.4. The lowest BCUT2D eigenvalue weighted by Crippen LogP contribution is -2.05. The van der Waals surface area contributed by atoms with Crippen molar-refractivity contribution in [2.45, 2.75) is 71.2 Å². The van der Waals surface area contributed by atoms with Gasteiger partial charge in [0.05, 0.1) is 5.38 Å². The van der Waals surface area contributed by atoms with E-state index in [4.69, 9.17) is 11.6 Å². The third kappa shape index (κ3) is 4.19. The van der Waals surface area contributed by atoms with Gasteiger partial charge in [-0.1, -0.05) is 39.0 Å². The minimum atomic E-state index is -0.0837. The number of fused-ring (bicyclic) bond motifs is 1. The molecule has 0 spiro atoms. The Bertz CT molecular complexity index is 575. The highest BCUT2D eigenvalue weighted by molar-refractivity contribution is 6.20. The molecule has 0 aliphatic carbocycles. The molecule has 21 heavy (non-hydrogen) atoms. The molecular weight excluding hydrogens is 282 g/mol. The quantitative estimate of drug-likeness (QED) is 0.483. The molecule has 0 saturated carbocycles. The van der Waals surface area contributed by atoms with E-state index in [0.717, 1.165) is 29.2 Å². The zero-order chi connectivity index (χ0) is 15.2. The van der Waals surface area contributed by atoms with Crippen molar-refractivity contribution in [3.05, 3.63) is 23.7 Å². The topological polar surface area (TPSA) is 30.7 Å². The van der Waals surface area contributed by atoms with Gasteiger partial charge >= 0.3 is 0 Å². The van der Waals surface area contributed by atoms with E-state index in [1.165, 1.54) is 38.5 Å². The van der Waals surface area contributed by atoms with Crippen LogP contribution in [0, 0.1) is 6.92 Å². The van der Waals surface area contributed by atoms with Crippen LogP contribution < -0.4 is 0 Å². The second kappa shape index (κ2) is 7.79. The fraction of sp³-hybridized carbons (Fsp3) is 0.647. The smallest absolute Gasteiger partial charge is 0.160 e. The van der Waals surface area contributed by atoms with Crippen molar-refractivity contribution in [1.29, 1.82) is 0 Å². The lowest BCUT2D eigenvalue weighted by atomic mass is 10.1. The van der Waals surface area contributed by atoms with Crippen LogP contribution in [0.15, 0.2) is 12.1 Å². The van der Waals surface area contributed by atoms with E-state index in [-0.39, 0.29) is 5.38 Å². The van der Waals surface area contributed by atoms with Crippen LogP contribution in [0.2, 0.25) is 0 Å². The third-order valence-electron chi connectivity index (χ3n) is 3.85. The molecule has 3 nitrogen and oxygen atoms in total. The Balaban J connectivity index is 2.09. The van der Waals surface area contributed by atoms with Crippen LogP contribution in [-0.2, 0) is 6.54 Å². The number of nitrogens with zero attached hydrogens (tertiary/aromatic N) is 3. The number of rotatable bonds is 8. The Morgan fingerprint density at radius 3 is 2.52 bits per heavy atom. The van der Waals surface area contributed by atoms with Crippen LogP contribution in [-0.4, -0.2) is 14.5 Å². The van der Waals surface area contributed by atoms with Gasteiger partial charge in [-0.25, -0.2) is 9.97 Å². The molecule has 0 aliphatic rings. The van der Waals surface area contributed by atoms with Crippen LogP contribution in [0.4, 0.5) is 0 Å². The van der Waals surface area contributed by atoms with Crippen molar-refractivity contribution >= 4 is 22.8 Å². The lowest BCUT2D eigenvalue weighted by molar-refractivity contribution is 0.551. The number of unbranched alkanes of at least 4 members (excludes halogenated alkanes) is 5. The van der Waals surface area contributed by atoms with Crippen molar-refractivity contribution < 1.29 is 0 Å². The molecule has 2 rings (SSSR count). The van der Waals surface area contributed by atoms with Crippen molar-refractivity contribution in [3.8, 4) is 0 Å². The molecule has 0 bridgehead atoms. The van der Waals surface area contributed by atoms with E-state index in [2.05, 4.69) is 21.5 Å². The van der Waals surface area contributed by atoms with Crippen molar-refractivity contribution in [2.24, 2.45) is 0 Å². The molecule has 2 aromatic heterocycles. The van der Waals surface area contributed by atoms with Crippen LogP contribution in [0.5, 0.6) is 0 Å². The van der Waals surface area contributed by atoms with Gasteiger partial charge in [-0.15, -0.1) is 11.6 Å². The lowest BCUT2D eigenvalue weighted by Gasteiger charge is -2.10. The number of imidazole rings is 1. The van der Waals surface area contributed by atoms with E-state index in [1.54, 1.807) is 0 Å². The predicted octanol–water partition coefficient (Wildman–Crippen LogP) is 5.40. The molecule has 1 unspecified atom stereocenters. The Morgan fingerprint density at radius 2 is 1.81 bits per heavy atom. The Kier molecular flexibility index (Phi) is 6.04. The number of alkyl halides is 1. The molecule has 4 heteroatoms. The number of aromatic nitrogens is 3. The van der Waals surface area contributed by atoms with Crippen molar-refractivity contribution in [3.63, 3.8) is 0 Å². The minimum absolute atomic E-state index is 0.0837. The summed E-state index contributed by atoms with van der Waals surface area (Å²) in [7, 11) is 0. The van der Waals surface area contributed by atoms with Gasteiger partial charge in [0.2, 0.25) is 0 Å². The second-order valence-electron chi connectivity index (χ2n) is 5.80. The summed E-state index contributed by atoms with van der Waals surface area (Å²) in [6, 6.07) is 4.05. The summed E-state index contributed by atoms with van der Waals surface area (Å²) in [5, 5.41) is -0.0837. The number of hydrogen-bond acceptors (Lipinski definition) is 2. The van der Waals surface area contributed by atoms with Gasteiger partial charge in [0, 0.05) is 12.2 Å². The number of pyridine rings is 1. The molecule has 0 fully saturated rings. The van der Waals surface area contributed by atoms with Gasteiger partial charge in [-0.05, 0) is 32.4 Å². The highest BCUT2D eigenvalue weighted by Gasteiger charge is 2.15. The first-order valence-corrected chi connectivity index (χ1v) is 8.55. The van der Waals surface area contributed by atoms with Crippen LogP contribution in [0.1, 0.15) is 69.3 Å². The van der Waals surface area contributed by atoms with Gasteiger partial charge < -0.3 is 4.57 Å². The maximum Gasteiger partial charge on any atom is 0.160 e. The first-order chi connectivity index (χ1) is 10.1. The average molecular weight is 308 g/mol. The van der Waals surface area contributed by atoms with E-state index in [1.807, 2.05) is 26.0 Å². The summed E-state index contributed by atoms with van der Waals surface area (Å²) in [6.45, 7) is 7.21. The van der Waals surface area contributed by atoms with E-state index in [0.29, 0.717) is 0 Å². The van der Waals surface area contributed by atoms with Gasteiger partial charge in [0.1, 0.15) is 11.3 Å². The SMILES string of the molecule is CCCCCCCCn1c(C(C)Cl)nc2ccc(C)nc21. The highest BCUT2D eigenvalue weighted by atomic mass is 35.5. The standard InChI is InChI=1S/C17H26ClN3/c1-4-5-6-7-8-9-12-21-16(14(3)18)20-15-11-10-13(2)19-17(15)21/h10-11,14H,4-9,12H2,1-3H3. The molecule has 0 radical (unpaired) electrons. The Morgan fingerprint density at radius 1 is 1.10 bits per heavy atom. The summed E-state index contributed by atoms with van der Waals surface area (Å²) < 4.78 is 2.21. The Hall–Kier alpha value is -1.09. The Labute approximate surface area is 132 Å². The molecule has 0 aromatic carbocycles. The monoisotopic (exact) mass is 307 g/mol. The largest absolute Gasteiger partial charge is 0.311 e. The third-order valence-corrected chi connectivity index (χ3v) is 4.05. The van der Waals surface area contributed by atoms with Gasteiger partial charge in [-0.3, -0.25) is 0 Å². The molecule has 2 heterocycles. The number of hydrogen-bond donors (Lipinski definition) is 0. The molecule has 0 N–H and O–H groups in total. The molecule has 0 amide bonds. The summed E-state index contributed by atoms with van der Waals surface area (Å²) >= 11 is 6.29. The molecule has 0 aliphatic heterocycles. The fourth-order valence-corrected chi connectivity index (χ4v) is 2.85. The van der Waals surface area contributed by atoms with Gasteiger partial charge in [-0.2, -0.15) is 0 Å². The first kappa shape index (κ1) is 16.3. The first-order valence-electron chi connectivity index (χ1n) is 8.11. The maximum atomic E-state index is 6.29.